The maximum Gasteiger partial charge on any atom is 0.407 e. The van der Waals surface area contributed by atoms with E-state index in [2.05, 4.69) is 26.0 Å². The van der Waals surface area contributed by atoms with E-state index in [4.69, 9.17) is 4.74 Å². The molecule has 1 heterocycles. The van der Waals surface area contributed by atoms with Crippen LogP contribution in [0.3, 0.4) is 0 Å². The second-order valence-corrected chi connectivity index (χ2v) is 3.93. The molecule has 1 aliphatic heterocycles. The Balaban J connectivity index is 2.75. The molecule has 5 nitrogen and oxygen atoms in total. The third-order valence-corrected chi connectivity index (χ3v) is 3.04. The van der Waals surface area contributed by atoms with Crippen LogP contribution in [0.25, 0.3) is 0 Å². The maximum atomic E-state index is 11.8. The van der Waals surface area contributed by atoms with E-state index in [0.717, 1.165) is 0 Å². The predicted molar refractivity (Wildman–Crippen MR) is 57.1 cm³/mol. The lowest BCUT2D eigenvalue weighted by Gasteiger charge is -2.35. The highest BCUT2D eigenvalue weighted by molar-refractivity contribution is 9.09. The minimum Gasteiger partial charge on any atom is -0.453 e. The van der Waals surface area contributed by atoms with E-state index in [1.165, 1.54) is 7.11 Å². The summed E-state index contributed by atoms with van der Waals surface area (Å²) in [5.74, 6) is -0.0452. The third-order valence-electron chi connectivity index (χ3n) is 2.53. The van der Waals surface area contributed by atoms with Gasteiger partial charge in [-0.25, -0.2) is 4.79 Å². The van der Waals surface area contributed by atoms with Crippen molar-refractivity contribution in [3.05, 3.63) is 0 Å². The SMILES string of the molecule is COC(=O)NC1(C(=O)CBr)CCOCC1. The summed E-state index contributed by atoms with van der Waals surface area (Å²) in [5, 5.41) is 2.83. The van der Waals surface area contributed by atoms with E-state index < -0.39 is 11.6 Å². The average Bonchev–Trinajstić information content (AvgIpc) is 2.29. The number of carbonyl (C=O) groups is 2. The van der Waals surface area contributed by atoms with Crippen molar-refractivity contribution in [1.82, 2.24) is 5.32 Å². The van der Waals surface area contributed by atoms with Crippen molar-refractivity contribution in [2.24, 2.45) is 0 Å². The van der Waals surface area contributed by atoms with Crippen LogP contribution in [0.15, 0.2) is 0 Å². The summed E-state index contributed by atoms with van der Waals surface area (Å²) in [6.07, 6.45) is 0.408. The van der Waals surface area contributed by atoms with Crippen LogP contribution in [-0.2, 0) is 14.3 Å². The van der Waals surface area contributed by atoms with Gasteiger partial charge in [0, 0.05) is 26.1 Å². The quantitative estimate of drug-likeness (QED) is 0.779. The summed E-state index contributed by atoms with van der Waals surface area (Å²) in [5.41, 5.74) is -0.825. The van der Waals surface area contributed by atoms with Gasteiger partial charge in [-0.1, -0.05) is 15.9 Å². The van der Waals surface area contributed by atoms with Crippen LogP contribution in [0.5, 0.6) is 0 Å². The highest BCUT2D eigenvalue weighted by atomic mass is 79.9. The molecule has 0 radical (unpaired) electrons. The fourth-order valence-electron chi connectivity index (χ4n) is 1.57. The van der Waals surface area contributed by atoms with Crippen LogP contribution < -0.4 is 5.32 Å². The van der Waals surface area contributed by atoms with Crippen LogP contribution in [0.2, 0.25) is 0 Å². The van der Waals surface area contributed by atoms with E-state index in [1.54, 1.807) is 0 Å². The summed E-state index contributed by atoms with van der Waals surface area (Å²) < 4.78 is 9.69. The molecule has 0 aliphatic carbocycles. The number of Topliss-reactive ketones (excluding diaryl/α,β-unsaturated/α-hetero) is 1. The lowest BCUT2D eigenvalue weighted by molar-refractivity contribution is -0.126. The van der Waals surface area contributed by atoms with Crippen molar-refractivity contribution >= 4 is 27.8 Å². The van der Waals surface area contributed by atoms with E-state index >= 15 is 0 Å². The van der Waals surface area contributed by atoms with Crippen LogP contribution in [0.4, 0.5) is 4.79 Å². The zero-order valence-electron chi connectivity index (χ0n) is 8.55. The van der Waals surface area contributed by atoms with Gasteiger partial charge < -0.3 is 14.8 Å². The number of amides is 1. The molecule has 0 saturated carbocycles. The van der Waals surface area contributed by atoms with Crippen molar-refractivity contribution < 1.29 is 19.1 Å². The average molecular weight is 280 g/mol. The van der Waals surface area contributed by atoms with E-state index in [1.807, 2.05) is 0 Å². The van der Waals surface area contributed by atoms with E-state index in [-0.39, 0.29) is 11.1 Å². The Bertz CT molecular complexity index is 250. The van der Waals surface area contributed by atoms with Gasteiger partial charge >= 0.3 is 6.09 Å². The van der Waals surface area contributed by atoms with Gasteiger partial charge in [0.15, 0.2) is 5.78 Å². The highest BCUT2D eigenvalue weighted by Gasteiger charge is 2.40. The number of methoxy groups -OCH3 is 1. The van der Waals surface area contributed by atoms with Crippen LogP contribution >= 0.6 is 15.9 Å². The van der Waals surface area contributed by atoms with E-state index in [0.29, 0.717) is 26.1 Å². The number of halogens is 1. The molecule has 6 heteroatoms. The normalized spacial score (nSPS) is 19.3. The molecule has 0 atom stereocenters. The van der Waals surface area contributed by atoms with Gasteiger partial charge in [-0.15, -0.1) is 0 Å². The van der Waals surface area contributed by atoms with Crippen molar-refractivity contribution in [2.75, 3.05) is 25.7 Å². The first-order valence-corrected chi connectivity index (χ1v) is 5.80. The van der Waals surface area contributed by atoms with Gasteiger partial charge in [0.05, 0.1) is 12.4 Å². The molecule has 0 aromatic rings. The molecule has 1 saturated heterocycles. The number of alkyl carbamates (subject to hydrolysis) is 1. The highest BCUT2D eigenvalue weighted by Crippen LogP contribution is 2.22. The Hall–Kier alpha value is -0.620. The molecule has 1 aliphatic rings. The molecule has 15 heavy (non-hydrogen) atoms. The van der Waals surface area contributed by atoms with Gasteiger partial charge in [0.25, 0.3) is 0 Å². The molecule has 1 fully saturated rings. The number of hydrogen-bond acceptors (Lipinski definition) is 4. The Morgan fingerprint density at radius 3 is 2.53 bits per heavy atom. The topological polar surface area (TPSA) is 64.6 Å². The van der Waals surface area contributed by atoms with Gasteiger partial charge in [0.1, 0.15) is 5.54 Å². The predicted octanol–water partition coefficient (Wildman–Crippen LogP) is 0.856. The van der Waals surface area contributed by atoms with Gasteiger partial charge in [-0.2, -0.15) is 0 Å². The number of ether oxygens (including phenoxy) is 2. The molecular formula is C9H14BrNO4. The smallest absolute Gasteiger partial charge is 0.407 e. The lowest BCUT2D eigenvalue weighted by atomic mass is 9.86. The first-order chi connectivity index (χ1) is 7.14. The molecule has 0 aromatic carbocycles. The number of hydrogen-bond donors (Lipinski definition) is 1. The summed E-state index contributed by atoms with van der Waals surface area (Å²) in [7, 11) is 1.28. The maximum absolute atomic E-state index is 11.8. The first kappa shape index (κ1) is 12.4. The minimum atomic E-state index is -0.825. The van der Waals surface area contributed by atoms with Crippen molar-refractivity contribution in [1.29, 1.82) is 0 Å². The van der Waals surface area contributed by atoms with E-state index in [9.17, 15) is 9.59 Å². The molecule has 1 N–H and O–H groups in total. The zero-order chi connectivity index (χ0) is 11.3. The monoisotopic (exact) mass is 279 g/mol. The van der Waals surface area contributed by atoms with Crippen LogP contribution in [0, 0.1) is 0 Å². The molecule has 0 unspecified atom stereocenters. The largest absolute Gasteiger partial charge is 0.453 e. The Kier molecular flexibility index (Phi) is 4.53. The molecule has 1 amide bonds. The second kappa shape index (κ2) is 5.46. The molecular weight excluding hydrogens is 266 g/mol. The number of ketones is 1. The number of alkyl halides is 1. The molecule has 86 valence electrons. The fraction of sp³-hybridized carbons (Fsp3) is 0.778. The number of carbonyl (C=O) groups excluding carboxylic acids is 2. The fourth-order valence-corrected chi connectivity index (χ4v) is 2.10. The minimum absolute atomic E-state index is 0.0452. The Morgan fingerprint density at radius 1 is 1.47 bits per heavy atom. The van der Waals surface area contributed by atoms with Crippen LogP contribution in [-0.4, -0.2) is 43.1 Å². The molecule has 1 rings (SSSR count). The standard InChI is InChI=1S/C9H14BrNO4/c1-14-8(13)11-9(7(12)6-10)2-4-15-5-3-9/h2-6H2,1H3,(H,11,13). The molecule has 0 aromatic heterocycles. The lowest BCUT2D eigenvalue weighted by Crippen LogP contribution is -2.58. The van der Waals surface area contributed by atoms with Crippen molar-refractivity contribution in [3.63, 3.8) is 0 Å². The van der Waals surface area contributed by atoms with Gasteiger partial charge in [0.2, 0.25) is 0 Å². The zero-order valence-corrected chi connectivity index (χ0v) is 10.1. The number of rotatable bonds is 3. The van der Waals surface area contributed by atoms with Crippen molar-refractivity contribution in [3.8, 4) is 0 Å². The van der Waals surface area contributed by atoms with Crippen LogP contribution in [0.1, 0.15) is 12.8 Å². The van der Waals surface area contributed by atoms with Gasteiger partial charge in [-0.05, 0) is 0 Å². The summed E-state index contributed by atoms with van der Waals surface area (Å²) in [6, 6.07) is 0. The summed E-state index contributed by atoms with van der Waals surface area (Å²) in [4.78, 5) is 22.9. The second-order valence-electron chi connectivity index (χ2n) is 3.37. The first-order valence-electron chi connectivity index (χ1n) is 4.68. The van der Waals surface area contributed by atoms with Gasteiger partial charge in [-0.3, -0.25) is 4.79 Å². The Labute approximate surface area is 96.6 Å². The molecule has 0 bridgehead atoms. The summed E-state index contributed by atoms with van der Waals surface area (Å²) in [6.45, 7) is 0.950. The summed E-state index contributed by atoms with van der Waals surface area (Å²) >= 11 is 3.11. The number of nitrogens with one attached hydrogen (secondary N) is 1. The van der Waals surface area contributed by atoms with Crippen molar-refractivity contribution in [2.45, 2.75) is 18.4 Å². The third kappa shape index (κ3) is 2.92. The Morgan fingerprint density at radius 2 is 2.07 bits per heavy atom. The molecule has 0 spiro atoms.